The maximum atomic E-state index is 13.1. The molecule has 1 aliphatic heterocycles. The number of hydrogen-bond donors (Lipinski definition) is 1. The number of phenolic OH excluding ortho intramolecular Hbond substituents is 1. The number of anilines is 1. The van der Waals surface area contributed by atoms with Gasteiger partial charge in [0.05, 0.1) is 11.1 Å². The first-order chi connectivity index (χ1) is 11.7. The highest BCUT2D eigenvalue weighted by molar-refractivity contribution is 5.91. The molecular formula is C20H22N2O2. The molecule has 1 N–H and O–H groups in total. The molecule has 2 aliphatic rings. The van der Waals surface area contributed by atoms with Gasteiger partial charge in [-0.25, -0.2) is 0 Å². The zero-order valence-electron chi connectivity index (χ0n) is 13.7. The first kappa shape index (κ1) is 15.1. The largest absolute Gasteiger partial charge is 0.506 e. The molecule has 1 amide bonds. The van der Waals surface area contributed by atoms with Crippen LogP contribution >= 0.6 is 0 Å². The van der Waals surface area contributed by atoms with Gasteiger partial charge in [0.25, 0.3) is 0 Å². The monoisotopic (exact) mass is 322 g/mol. The summed E-state index contributed by atoms with van der Waals surface area (Å²) in [6, 6.07) is 17.6. The standard InChI is InChI=1S/C20H22N2O2/c23-18-9-5-4-8-17(18)21-12-14-22(15-13-21)19(24)20(10-11-20)16-6-2-1-3-7-16/h1-9,23H,10-15H2. The van der Waals surface area contributed by atoms with E-state index in [9.17, 15) is 9.90 Å². The van der Waals surface area contributed by atoms with Gasteiger partial charge in [-0.3, -0.25) is 4.79 Å². The molecule has 1 heterocycles. The fourth-order valence-electron chi connectivity index (χ4n) is 3.69. The van der Waals surface area contributed by atoms with Crippen LogP contribution in [0.3, 0.4) is 0 Å². The summed E-state index contributed by atoms with van der Waals surface area (Å²) in [6.45, 7) is 2.94. The summed E-state index contributed by atoms with van der Waals surface area (Å²) in [6.07, 6.45) is 1.91. The average molecular weight is 322 g/mol. The van der Waals surface area contributed by atoms with Crippen LogP contribution in [0.5, 0.6) is 5.75 Å². The molecule has 124 valence electrons. The van der Waals surface area contributed by atoms with Gasteiger partial charge in [0.2, 0.25) is 5.91 Å². The second kappa shape index (κ2) is 5.86. The highest BCUT2D eigenvalue weighted by Gasteiger charge is 2.53. The van der Waals surface area contributed by atoms with Gasteiger partial charge in [0.1, 0.15) is 5.75 Å². The maximum Gasteiger partial charge on any atom is 0.233 e. The molecular weight excluding hydrogens is 300 g/mol. The Morgan fingerprint density at radius 1 is 0.875 bits per heavy atom. The Morgan fingerprint density at radius 3 is 2.12 bits per heavy atom. The summed E-state index contributed by atoms with van der Waals surface area (Å²) in [5.41, 5.74) is 1.73. The minimum absolute atomic E-state index is 0.269. The van der Waals surface area contributed by atoms with Crippen LogP contribution < -0.4 is 4.90 Å². The van der Waals surface area contributed by atoms with Crippen LogP contribution in [0.1, 0.15) is 18.4 Å². The van der Waals surface area contributed by atoms with Crippen molar-refractivity contribution in [2.45, 2.75) is 18.3 Å². The molecule has 0 radical (unpaired) electrons. The number of amides is 1. The second-order valence-electron chi connectivity index (χ2n) is 6.72. The number of phenols is 1. The third-order valence-electron chi connectivity index (χ3n) is 5.28. The van der Waals surface area contributed by atoms with E-state index >= 15 is 0 Å². The molecule has 2 aromatic carbocycles. The number of carbonyl (C=O) groups excluding carboxylic acids is 1. The van der Waals surface area contributed by atoms with E-state index in [1.807, 2.05) is 41.3 Å². The van der Waals surface area contributed by atoms with E-state index in [0.29, 0.717) is 18.8 Å². The third kappa shape index (κ3) is 2.52. The molecule has 4 heteroatoms. The fourth-order valence-corrected chi connectivity index (χ4v) is 3.69. The highest BCUT2D eigenvalue weighted by atomic mass is 16.3. The minimum atomic E-state index is -0.279. The van der Waals surface area contributed by atoms with Gasteiger partial charge >= 0.3 is 0 Å². The van der Waals surface area contributed by atoms with Gasteiger partial charge < -0.3 is 14.9 Å². The number of benzene rings is 2. The van der Waals surface area contributed by atoms with Crippen LogP contribution in [0.4, 0.5) is 5.69 Å². The molecule has 0 spiro atoms. The summed E-state index contributed by atoms with van der Waals surface area (Å²) in [4.78, 5) is 17.2. The molecule has 4 rings (SSSR count). The van der Waals surface area contributed by atoms with Gasteiger partial charge in [-0.15, -0.1) is 0 Å². The van der Waals surface area contributed by atoms with E-state index in [0.717, 1.165) is 37.2 Å². The van der Waals surface area contributed by atoms with E-state index in [2.05, 4.69) is 17.0 Å². The van der Waals surface area contributed by atoms with E-state index in [4.69, 9.17) is 0 Å². The number of aromatic hydroxyl groups is 1. The van der Waals surface area contributed by atoms with Gasteiger partial charge in [0, 0.05) is 26.2 Å². The third-order valence-corrected chi connectivity index (χ3v) is 5.28. The number of hydrogen-bond acceptors (Lipinski definition) is 3. The first-order valence-electron chi connectivity index (χ1n) is 8.58. The van der Waals surface area contributed by atoms with E-state index in [1.54, 1.807) is 6.07 Å². The number of carbonyl (C=O) groups is 1. The highest BCUT2D eigenvalue weighted by Crippen LogP contribution is 2.49. The fraction of sp³-hybridized carbons (Fsp3) is 0.350. The van der Waals surface area contributed by atoms with Crippen LogP contribution in [-0.4, -0.2) is 42.1 Å². The van der Waals surface area contributed by atoms with Crippen molar-refractivity contribution >= 4 is 11.6 Å². The maximum absolute atomic E-state index is 13.1. The normalized spacial score (nSPS) is 19.2. The van der Waals surface area contributed by atoms with Gasteiger partial charge in [-0.1, -0.05) is 42.5 Å². The predicted octanol–water partition coefficient (Wildman–Crippen LogP) is 2.77. The molecule has 2 aromatic rings. The summed E-state index contributed by atoms with van der Waals surface area (Å²) in [5, 5.41) is 10.0. The van der Waals surface area contributed by atoms with Gasteiger partial charge in [0.15, 0.2) is 0 Å². The molecule has 2 fully saturated rings. The van der Waals surface area contributed by atoms with Crippen molar-refractivity contribution in [3.05, 3.63) is 60.2 Å². The van der Waals surface area contributed by atoms with Crippen LogP contribution in [-0.2, 0) is 10.2 Å². The van der Waals surface area contributed by atoms with E-state index in [1.165, 1.54) is 0 Å². The lowest BCUT2D eigenvalue weighted by Gasteiger charge is -2.38. The van der Waals surface area contributed by atoms with Crippen molar-refractivity contribution in [3.63, 3.8) is 0 Å². The minimum Gasteiger partial charge on any atom is -0.506 e. The number of rotatable bonds is 3. The molecule has 1 saturated carbocycles. The number of nitrogens with zero attached hydrogens (tertiary/aromatic N) is 2. The molecule has 0 unspecified atom stereocenters. The van der Waals surface area contributed by atoms with Crippen molar-refractivity contribution in [2.75, 3.05) is 31.1 Å². The Morgan fingerprint density at radius 2 is 1.50 bits per heavy atom. The molecule has 4 nitrogen and oxygen atoms in total. The molecule has 1 aliphatic carbocycles. The molecule has 0 aromatic heterocycles. The second-order valence-corrected chi connectivity index (χ2v) is 6.72. The zero-order valence-corrected chi connectivity index (χ0v) is 13.7. The molecule has 24 heavy (non-hydrogen) atoms. The smallest absolute Gasteiger partial charge is 0.233 e. The Labute approximate surface area is 142 Å². The Balaban J connectivity index is 1.45. The number of piperazine rings is 1. The van der Waals surface area contributed by atoms with Gasteiger partial charge in [-0.2, -0.15) is 0 Å². The lowest BCUT2D eigenvalue weighted by molar-refractivity contribution is -0.134. The van der Waals surface area contributed by atoms with Gasteiger partial charge in [-0.05, 0) is 30.5 Å². The summed E-state index contributed by atoms with van der Waals surface area (Å²) in [7, 11) is 0. The molecule has 1 saturated heterocycles. The van der Waals surface area contributed by atoms with E-state index < -0.39 is 0 Å². The lowest BCUT2D eigenvalue weighted by Crippen LogP contribution is -2.51. The van der Waals surface area contributed by atoms with Crippen LogP contribution in [0.15, 0.2) is 54.6 Å². The predicted molar refractivity (Wildman–Crippen MR) is 94.3 cm³/mol. The van der Waals surface area contributed by atoms with Crippen molar-refractivity contribution in [2.24, 2.45) is 0 Å². The first-order valence-corrected chi connectivity index (χ1v) is 8.58. The van der Waals surface area contributed by atoms with Crippen molar-refractivity contribution in [1.29, 1.82) is 0 Å². The quantitative estimate of drug-likeness (QED) is 0.945. The van der Waals surface area contributed by atoms with Crippen molar-refractivity contribution in [3.8, 4) is 5.75 Å². The van der Waals surface area contributed by atoms with Crippen LogP contribution in [0, 0.1) is 0 Å². The topological polar surface area (TPSA) is 43.8 Å². The summed E-state index contributed by atoms with van der Waals surface area (Å²) < 4.78 is 0. The average Bonchev–Trinajstić information content (AvgIpc) is 3.44. The Kier molecular flexibility index (Phi) is 3.68. The van der Waals surface area contributed by atoms with Crippen LogP contribution in [0.2, 0.25) is 0 Å². The number of para-hydroxylation sites is 2. The summed E-state index contributed by atoms with van der Waals surface area (Å²) >= 11 is 0. The lowest BCUT2D eigenvalue weighted by atomic mass is 9.94. The van der Waals surface area contributed by atoms with E-state index in [-0.39, 0.29) is 11.3 Å². The Hall–Kier alpha value is -2.49. The SMILES string of the molecule is O=C(N1CCN(c2ccccc2O)CC1)C1(c2ccccc2)CC1. The Bertz CT molecular complexity index is 732. The van der Waals surface area contributed by atoms with Crippen LogP contribution in [0.25, 0.3) is 0 Å². The van der Waals surface area contributed by atoms with Crippen molar-refractivity contribution in [1.82, 2.24) is 4.90 Å². The molecule has 0 bridgehead atoms. The summed E-state index contributed by atoms with van der Waals surface area (Å²) in [5.74, 6) is 0.575. The van der Waals surface area contributed by atoms with Crippen molar-refractivity contribution < 1.29 is 9.90 Å². The molecule has 0 atom stereocenters. The zero-order chi connectivity index (χ0) is 16.6.